The molecule has 0 aliphatic heterocycles. The fraction of sp³-hybridized carbons (Fsp3) is 0.636. The lowest BCUT2D eigenvalue weighted by Gasteiger charge is -2.06. The molecular formula is C11H19N3O2. The second-order valence-corrected chi connectivity index (χ2v) is 3.48. The van der Waals surface area contributed by atoms with Crippen molar-refractivity contribution in [3.8, 4) is 0 Å². The first-order valence-electron chi connectivity index (χ1n) is 5.57. The number of aromatic nitrogens is 2. The van der Waals surface area contributed by atoms with Crippen LogP contribution in [0.5, 0.6) is 0 Å². The van der Waals surface area contributed by atoms with Crippen LogP contribution in [0, 0.1) is 6.92 Å². The van der Waals surface area contributed by atoms with E-state index in [1.165, 1.54) is 4.68 Å². The Morgan fingerprint density at radius 2 is 2.25 bits per heavy atom. The van der Waals surface area contributed by atoms with Gasteiger partial charge in [0, 0.05) is 25.8 Å². The van der Waals surface area contributed by atoms with E-state index in [0.717, 1.165) is 25.4 Å². The lowest BCUT2D eigenvalue weighted by atomic mass is 10.4. The minimum atomic E-state index is -0.0581. The highest BCUT2D eigenvalue weighted by Crippen LogP contribution is 1.85. The van der Waals surface area contributed by atoms with Gasteiger partial charge in [-0.2, -0.15) is 5.10 Å². The van der Waals surface area contributed by atoms with E-state index in [4.69, 9.17) is 4.74 Å². The van der Waals surface area contributed by atoms with Crippen LogP contribution in [0.15, 0.2) is 16.9 Å². The summed E-state index contributed by atoms with van der Waals surface area (Å²) in [4.78, 5) is 11.4. The van der Waals surface area contributed by atoms with Crippen molar-refractivity contribution in [3.05, 3.63) is 28.2 Å². The zero-order chi connectivity index (χ0) is 11.8. The number of nitrogens with one attached hydrogen (secondary N) is 1. The van der Waals surface area contributed by atoms with Gasteiger partial charge in [0.2, 0.25) is 0 Å². The van der Waals surface area contributed by atoms with Crippen LogP contribution in [0.25, 0.3) is 0 Å². The fourth-order valence-electron chi connectivity index (χ4n) is 1.31. The zero-order valence-corrected chi connectivity index (χ0v) is 9.90. The van der Waals surface area contributed by atoms with E-state index in [-0.39, 0.29) is 5.56 Å². The van der Waals surface area contributed by atoms with Gasteiger partial charge in [-0.3, -0.25) is 4.79 Å². The first-order chi connectivity index (χ1) is 7.74. The Labute approximate surface area is 95.4 Å². The molecule has 0 aliphatic rings. The third kappa shape index (κ3) is 4.55. The topological polar surface area (TPSA) is 56.1 Å². The highest BCUT2D eigenvalue weighted by molar-refractivity contribution is 4.96. The predicted molar refractivity (Wildman–Crippen MR) is 62.6 cm³/mol. The molecule has 0 aliphatic carbocycles. The Kier molecular flexibility index (Phi) is 5.74. The molecule has 0 spiro atoms. The molecule has 1 N–H and O–H groups in total. The summed E-state index contributed by atoms with van der Waals surface area (Å²) in [5.41, 5.74) is 0.797. The Balaban J connectivity index is 2.26. The molecule has 0 amide bonds. The minimum Gasteiger partial charge on any atom is -0.380 e. The molecule has 90 valence electrons. The molecule has 16 heavy (non-hydrogen) atoms. The summed E-state index contributed by atoms with van der Waals surface area (Å²) in [6, 6.07) is 3.27. The molecule has 1 rings (SSSR count). The number of ether oxygens (including phenoxy) is 1. The van der Waals surface area contributed by atoms with Gasteiger partial charge in [-0.1, -0.05) is 0 Å². The molecule has 1 heterocycles. The zero-order valence-electron chi connectivity index (χ0n) is 9.90. The van der Waals surface area contributed by atoms with Crippen molar-refractivity contribution in [1.29, 1.82) is 0 Å². The van der Waals surface area contributed by atoms with Crippen LogP contribution < -0.4 is 10.9 Å². The highest BCUT2D eigenvalue weighted by Gasteiger charge is 1.96. The van der Waals surface area contributed by atoms with Gasteiger partial charge in [0.05, 0.1) is 18.8 Å². The van der Waals surface area contributed by atoms with E-state index in [2.05, 4.69) is 10.4 Å². The molecule has 0 atom stereocenters. The number of hydrogen-bond acceptors (Lipinski definition) is 4. The fourth-order valence-corrected chi connectivity index (χ4v) is 1.31. The Hall–Kier alpha value is -1.20. The molecule has 1 aromatic rings. The number of nitrogens with zero attached hydrogens (tertiary/aromatic N) is 2. The summed E-state index contributed by atoms with van der Waals surface area (Å²) in [6.45, 7) is 7.40. The molecule has 0 bridgehead atoms. The maximum absolute atomic E-state index is 11.4. The van der Waals surface area contributed by atoms with Crippen molar-refractivity contribution in [2.75, 3.05) is 26.3 Å². The van der Waals surface area contributed by atoms with Gasteiger partial charge in [-0.05, 0) is 19.9 Å². The van der Waals surface area contributed by atoms with Crippen LogP contribution in [0.4, 0.5) is 0 Å². The van der Waals surface area contributed by atoms with Crippen molar-refractivity contribution in [1.82, 2.24) is 15.1 Å². The summed E-state index contributed by atoms with van der Waals surface area (Å²) in [7, 11) is 0. The normalized spacial score (nSPS) is 10.6. The first kappa shape index (κ1) is 12.9. The predicted octanol–water partition coefficient (Wildman–Crippen LogP) is 0.178. The maximum atomic E-state index is 11.4. The third-order valence-electron chi connectivity index (χ3n) is 2.13. The van der Waals surface area contributed by atoms with Crippen molar-refractivity contribution < 1.29 is 4.74 Å². The van der Waals surface area contributed by atoms with Crippen molar-refractivity contribution in [3.63, 3.8) is 0 Å². The van der Waals surface area contributed by atoms with E-state index in [9.17, 15) is 4.79 Å². The molecule has 0 aromatic carbocycles. The van der Waals surface area contributed by atoms with Gasteiger partial charge < -0.3 is 10.1 Å². The smallest absolute Gasteiger partial charge is 0.266 e. The van der Waals surface area contributed by atoms with Crippen LogP contribution in [0.3, 0.4) is 0 Å². The summed E-state index contributed by atoms with van der Waals surface area (Å²) < 4.78 is 6.66. The molecule has 0 fully saturated rings. The molecule has 0 saturated heterocycles. The SMILES string of the molecule is CCOCCNCCn1nc(C)ccc1=O. The van der Waals surface area contributed by atoms with Gasteiger partial charge >= 0.3 is 0 Å². The molecule has 5 nitrogen and oxygen atoms in total. The van der Waals surface area contributed by atoms with Crippen molar-refractivity contribution >= 4 is 0 Å². The lowest BCUT2D eigenvalue weighted by molar-refractivity contribution is 0.149. The van der Waals surface area contributed by atoms with Gasteiger partial charge in [-0.15, -0.1) is 0 Å². The van der Waals surface area contributed by atoms with Gasteiger partial charge in [0.25, 0.3) is 5.56 Å². The van der Waals surface area contributed by atoms with Crippen LogP contribution in [-0.4, -0.2) is 36.1 Å². The summed E-state index contributed by atoms with van der Waals surface area (Å²) in [5, 5.41) is 7.33. The first-order valence-corrected chi connectivity index (χ1v) is 5.57. The minimum absolute atomic E-state index is 0.0581. The van der Waals surface area contributed by atoms with E-state index >= 15 is 0 Å². The number of aryl methyl sites for hydroxylation is 1. The van der Waals surface area contributed by atoms with Crippen LogP contribution in [-0.2, 0) is 11.3 Å². The quantitative estimate of drug-likeness (QED) is 0.672. The monoisotopic (exact) mass is 225 g/mol. The van der Waals surface area contributed by atoms with E-state index < -0.39 is 0 Å². The molecule has 1 aromatic heterocycles. The molecule has 0 radical (unpaired) electrons. The van der Waals surface area contributed by atoms with Gasteiger partial charge in [-0.25, -0.2) is 4.68 Å². The molecule has 0 unspecified atom stereocenters. The van der Waals surface area contributed by atoms with Crippen LogP contribution >= 0.6 is 0 Å². The van der Waals surface area contributed by atoms with E-state index in [1.54, 1.807) is 12.1 Å². The third-order valence-corrected chi connectivity index (χ3v) is 2.13. The average Bonchev–Trinajstić information content (AvgIpc) is 2.28. The Bertz CT molecular complexity index is 362. The average molecular weight is 225 g/mol. The largest absolute Gasteiger partial charge is 0.380 e. The number of rotatable bonds is 7. The standard InChI is InChI=1S/C11H19N3O2/c1-3-16-9-7-12-6-8-14-11(15)5-4-10(2)13-14/h4-5,12H,3,6-9H2,1-2H3. The van der Waals surface area contributed by atoms with Crippen LogP contribution in [0.2, 0.25) is 0 Å². The molecule has 0 saturated carbocycles. The van der Waals surface area contributed by atoms with Gasteiger partial charge in [0.1, 0.15) is 0 Å². The lowest BCUT2D eigenvalue weighted by Crippen LogP contribution is -2.30. The van der Waals surface area contributed by atoms with Crippen molar-refractivity contribution in [2.45, 2.75) is 20.4 Å². The second-order valence-electron chi connectivity index (χ2n) is 3.48. The summed E-state index contributed by atoms with van der Waals surface area (Å²) in [5.74, 6) is 0. The Morgan fingerprint density at radius 3 is 3.00 bits per heavy atom. The van der Waals surface area contributed by atoms with E-state index in [0.29, 0.717) is 13.2 Å². The van der Waals surface area contributed by atoms with Crippen LogP contribution in [0.1, 0.15) is 12.6 Å². The van der Waals surface area contributed by atoms with E-state index in [1.807, 2.05) is 13.8 Å². The van der Waals surface area contributed by atoms with Crippen molar-refractivity contribution in [2.24, 2.45) is 0 Å². The Morgan fingerprint density at radius 1 is 1.44 bits per heavy atom. The van der Waals surface area contributed by atoms with Gasteiger partial charge in [0.15, 0.2) is 0 Å². The molecular weight excluding hydrogens is 206 g/mol. The number of hydrogen-bond donors (Lipinski definition) is 1. The molecule has 5 heteroatoms. The second kappa shape index (κ2) is 7.14. The summed E-state index contributed by atoms with van der Waals surface area (Å²) >= 11 is 0. The highest BCUT2D eigenvalue weighted by atomic mass is 16.5. The summed E-state index contributed by atoms with van der Waals surface area (Å²) in [6.07, 6.45) is 0. The maximum Gasteiger partial charge on any atom is 0.266 e.